The predicted octanol–water partition coefficient (Wildman–Crippen LogP) is 1.99. The number of hydrogen-bond donors (Lipinski definition) is 1. The van der Waals surface area contributed by atoms with Gasteiger partial charge >= 0.3 is 5.97 Å². The standard InChI is InChI=1S/C9H12F2N2O2/c1-6-5-12-13(8(6)9(10)11)4-2-3-7(14)15/h5,9H,2-4H2,1H3,(H,14,15). The van der Waals surface area contributed by atoms with Crippen LogP contribution in [0.1, 0.15) is 30.5 Å². The van der Waals surface area contributed by atoms with Crippen LogP contribution in [0.5, 0.6) is 0 Å². The molecule has 1 aromatic heterocycles. The van der Waals surface area contributed by atoms with Gasteiger partial charge in [-0.2, -0.15) is 5.10 Å². The van der Waals surface area contributed by atoms with Gasteiger partial charge in [0.2, 0.25) is 0 Å². The lowest BCUT2D eigenvalue weighted by atomic mass is 10.2. The molecular formula is C9H12F2N2O2. The van der Waals surface area contributed by atoms with Gasteiger partial charge in [-0.05, 0) is 18.9 Å². The van der Waals surface area contributed by atoms with Crippen LogP contribution in [0.2, 0.25) is 0 Å². The molecule has 84 valence electrons. The minimum Gasteiger partial charge on any atom is -0.481 e. The van der Waals surface area contributed by atoms with E-state index in [0.717, 1.165) is 0 Å². The fourth-order valence-corrected chi connectivity index (χ4v) is 1.33. The molecule has 0 aliphatic carbocycles. The van der Waals surface area contributed by atoms with Crippen molar-refractivity contribution in [3.63, 3.8) is 0 Å². The molecule has 0 fully saturated rings. The van der Waals surface area contributed by atoms with Gasteiger partial charge in [0.1, 0.15) is 5.69 Å². The minimum absolute atomic E-state index is 0.0401. The molecule has 0 aliphatic heterocycles. The molecule has 15 heavy (non-hydrogen) atoms. The molecule has 1 heterocycles. The summed E-state index contributed by atoms with van der Waals surface area (Å²) in [7, 11) is 0. The van der Waals surface area contributed by atoms with Crippen molar-refractivity contribution < 1.29 is 18.7 Å². The van der Waals surface area contributed by atoms with Crippen LogP contribution in [0.25, 0.3) is 0 Å². The molecule has 0 aliphatic rings. The van der Waals surface area contributed by atoms with Crippen LogP contribution in [0.3, 0.4) is 0 Å². The number of alkyl halides is 2. The van der Waals surface area contributed by atoms with Crippen molar-refractivity contribution in [2.24, 2.45) is 0 Å². The molecule has 0 aromatic carbocycles. The fourth-order valence-electron chi connectivity index (χ4n) is 1.33. The quantitative estimate of drug-likeness (QED) is 0.822. The maximum atomic E-state index is 12.5. The van der Waals surface area contributed by atoms with Gasteiger partial charge in [0.05, 0.1) is 6.20 Å². The van der Waals surface area contributed by atoms with E-state index in [1.165, 1.54) is 10.9 Å². The van der Waals surface area contributed by atoms with Crippen LogP contribution < -0.4 is 0 Å². The van der Waals surface area contributed by atoms with Gasteiger partial charge in [-0.25, -0.2) is 8.78 Å². The predicted molar refractivity (Wildman–Crippen MR) is 48.8 cm³/mol. The lowest BCUT2D eigenvalue weighted by Crippen LogP contribution is -2.08. The van der Waals surface area contributed by atoms with Crippen molar-refractivity contribution in [2.45, 2.75) is 32.7 Å². The van der Waals surface area contributed by atoms with Crippen LogP contribution in [0.15, 0.2) is 6.20 Å². The lowest BCUT2D eigenvalue weighted by Gasteiger charge is -2.06. The Morgan fingerprint density at radius 1 is 1.67 bits per heavy atom. The average molecular weight is 218 g/mol. The summed E-state index contributed by atoms with van der Waals surface area (Å²) in [5.74, 6) is -0.933. The van der Waals surface area contributed by atoms with E-state index >= 15 is 0 Å². The number of aromatic nitrogens is 2. The summed E-state index contributed by atoms with van der Waals surface area (Å²) in [5.41, 5.74) is 0.306. The second-order valence-corrected chi connectivity index (χ2v) is 3.23. The first-order valence-corrected chi connectivity index (χ1v) is 4.54. The Bertz CT molecular complexity index is 350. The van der Waals surface area contributed by atoms with Crippen molar-refractivity contribution in [1.29, 1.82) is 0 Å². The Hall–Kier alpha value is -1.46. The Labute approximate surface area is 85.5 Å². The zero-order valence-electron chi connectivity index (χ0n) is 8.28. The Morgan fingerprint density at radius 3 is 2.87 bits per heavy atom. The van der Waals surface area contributed by atoms with E-state index in [9.17, 15) is 13.6 Å². The van der Waals surface area contributed by atoms with E-state index in [0.29, 0.717) is 12.0 Å². The van der Waals surface area contributed by atoms with E-state index < -0.39 is 12.4 Å². The van der Waals surface area contributed by atoms with Gasteiger partial charge in [0.25, 0.3) is 6.43 Å². The van der Waals surface area contributed by atoms with Gasteiger partial charge in [0, 0.05) is 13.0 Å². The Balaban J connectivity index is 2.64. The van der Waals surface area contributed by atoms with Crippen molar-refractivity contribution in [3.05, 3.63) is 17.5 Å². The lowest BCUT2D eigenvalue weighted by molar-refractivity contribution is -0.137. The third kappa shape index (κ3) is 3.00. The first-order chi connectivity index (χ1) is 7.02. The molecule has 0 bridgehead atoms. The Morgan fingerprint density at radius 2 is 2.33 bits per heavy atom. The topological polar surface area (TPSA) is 55.1 Å². The number of rotatable bonds is 5. The number of aryl methyl sites for hydroxylation is 2. The molecular weight excluding hydrogens is 206 g/mol. The van der Waals surface area contributed by atoms with E-state index in [4.69, 9.17) is 5.11 Å². The fraction of sp³-hybridized carbons (Fsp3) is 0.556. The normalized spacial score (nSPS) is 10.9. The monoisotopic (exact) mass is 218 g/mol. The molecule has 0 amide bonds. The van der Waals surface area contributed by atoms with Crippen LogP contribution in [-0.4, -0.2) is 20.9 Å². The zero-order chi connectivity index (χ0) is 11.4. The first-order valence-electron chi connectivity index (χ1n) is 4.54. The number of nitrogens with zero attached hydrogens (tertiary/aromatic N) is 2. The van der Waals surface area contributed by atoms with E-state index in [-0.39, 0.29) is 18.7 Å². The zero-order valence-corrected chi connectivity index (χ0v) is 8.28. The number of aliphatic carboxylic acids is 1. The molecule has 0 radical (unpaired) electrons. The van der Waals surface area contributed by atoms with Crippen molar-refractivity contribution in [3.8, 4) is 0 Å². The maximum absolute atomic E-state index is 12.5. The number of carboxylic acid groups (broad SMARTS) is 1. The van der Waals surface area contributed by atoms with Crippen LogP contribution >= 0.6 is 0 Å². The minimum atomic E-state index is -2.57. The van der Waals surface area contributed by atoms with Gasteiger partial charge in [-0.3, -0.25) is 9.48 Å². The van der Waals surface area contributed by atoms with Crippen molar-refractivity contribution in [1.82, 2.24) is 9.78 Å². The smallest absolute Gasteiger partial charge is 0.303 e. The van der Waals surface area contributed by atoms with E-state index in [1.807, 2.05) is 0 Å². The summed E-state index contributed by atoms with van der Waals surface area (Å²) in [6, 6.07) is 0. The van der Waals surface area contributed by atoms with E-state index in [1.54, 1.807) is 6.92 Å². The highest BCUT2D eigenvalue weighted by Crippen LogP contribution is 2.22. The highest BCUT2D eigenvalue weighted by molar-refractivity contribution is 5.66. The molecule has 0 spiro atoms. The summed E-state index contributed by atoms with van der Waals surface area (Å²) in [4.78, 5) is 10.2. The molecule has 0 unspecified atom stereocenters. The number of carbonyl (C=O) groups is 1. The summed E-state index contributed by atoms with van der Waals surface area (Å²) < 4.78 is 26.2. The van der Waals surface area contributed by atoms with Crippen LogP contribution in [-0.2, 0) is 11.3 Å². The summed E-state index contributed by atoms with van der Waals surface area (Å²) in [6.07, 6.45) is -0.947. The van der Waals surface area contributed by atoms with E-state index in [2.05, 4.69) is 5.10 Å². The highest BCUT2D eigenvalue weighted by Gasteiger charge is 2.17. The third-order valence-corrected chi connectivity index (χ3v) is 2.04. The van der Waals surface area contributed by atoms with Gasteiger partial charge in [-0.1, -0.05) is 0 Å². The van der Waals surface area contributed by atoms with Crippen LogP contribution in [0, 0.1) is 6.92 Å². The third-order valence-electron chi connectivity index (χ3n) is 2.04. The van der Waals surface area contributed by atoms with Crippen LogP contribution in [0.4, 0.5) is 8.78 Å². The van der Waals surface area contributed by atoms with Gasteiger partial charge in [-0.15, -0.1) is 0 Å². The maximum Gasteiger partial charge on any atom is 0.303 e. The second-order valence-electron chi connectivity index (χ2n) is 3.23. The molecule has 1 rings (SSSR count). The summed E-state index contributed by atoms with van der Waals surface area (Å²) in [6.45, 7) is 1.77. The second kappa shape index (κ2) is 4.86. The Kier molecular flexibility index (Phi) is 3.76. The molecule has 4 nitrogen and oxygen atoms in total. The van der Waals surface area contributed by atoms with Gasteiger partial charge < -0.3 is 5.11 Å². The molecule has 6 heteroatoms. The van der Waals surface area contributed by atoms with Crippen molar-refractivity contribution in [2.75, 3.05) is 0 Å². The average Bonchev–Trinajstić information content (AvgIpc) is 2.46. The van der Waals surface area contributed by atoms with Gasteiger partial charge in [0.15, 0.2) is 0 Å². The summed E-state index contributed by atoms with van der Waals surface area (Å²) in [5, 5.41) is 12.2. The number of carboxylic acids is 1. The summed E-state index contributed by atoms with van der Waals surface area (Å²) >= 11 is 0. The molecule has 0 atom stereocenters. The highest BCUT2D eigenvalue weighted by atomic mass is 19.3. The SMILES string of the molecule is Cc1cnn(CCCC(=O)O)c1C(F)F. The molecule has 1 aromatic rings. The van der Waals surface area contributed by atoms with Crippen molar-refractivity contribution >= 4 is 5.97 Å². The molecule has 1 N–H and O–H groups in total. The first kappa shape index (κ1) is 11.6. The number of halogens is 2. The molecule has 0 saturated heterocycles. The largest absolute Gasteiger partial charge is 0.481 e. The molecule has 0 saturated carbocycles. The number of hydrogen-bond acceptors (Lipinski definition) is 2.